The second kappa shape index (κ2) is 6.57. The van der Waals surface area contributed by atoms with Crippen LogP contribution in [0.2, 0.25) is 0 Å². The predicted molar refractivity (Wildman–Crippen MR) is 71.3 cm³/mol. The minimum atomic E-state index is -0.335. The molecular formula is C14H11NO3S. The molecule has 0 aliphatic carbocycles. The molecule has 0 amide bonds. The molecule has 19 heavy (non-hydrogen) atoms. The van der Waals surface area contributed by atoms with Gasteiger partial charge >= 0.3 is 5.97 Å². The normalized spacial score (nSPS) is 9.63. The Bertz CT molecular complexity index is 570. The van der Waals surface area contributed by atoms with E-state index in [1.54, 1.807) is 36.4 Å². The summed E-state index contributed by atoms with van der Waals surface area (Å²) in [6.07, 6.45) is 0. The molecule has 1 aromatic carbocycles. The highest BCUT2D eigenvalue weighted by Crippen LogP contribution is 2.12. The number of carbonyl (C=O) groups excluding carboxylic acids is 1. The van der Waals surface area contributed by atoms with Crippen LogP contribution >= 0.6 is 11.3 Å². The van der Waals surface area contributed by atoms with E-state index in [1.807, 2.05) is 11.4 Å². The Balaban J connectivity index is 1.72. The second-order valence-corrected chi connectivity index (χ2v) is 4.55. The average Bonchev–Trinajstić information content (AvgIpc) is 2.98. The molecule has 1 aromatic heterocycles. The van der Waals surface area contributed by atoms with E-state index in [4.69, 9.17) is 14.7 Å². The maximum Gasteiger partial charge on any atom is 0.348 e. The van der Waals surface area contributed by atoms with Crippen LogP contribution in [0.25, 0.3) is 0 Å². The fraction of sp³-hybridized carbons (Fsp3) is 0.143. The van der Waals surface area contributed by atoms with Crippen molar-refractivity contribution < 1.29 is 14.3 Å². The van der Waals surface area contributed by atoms with Gasteiger partial charge in [-0.1, -0.05) is 6.07 Å². The van der Waals surface area contributed by atoms with Gasteiger partial charge in [0, 0.05) is 0 Å². The molecule has 0 spiro atoms. The molecule has 0 N–H and O–H groups in total. The average molecular weight is 273 g/mol. The molecule has 0 fully saturated rings. The first-order chi connectivity index (χ1) is 9.29. The third-order valence-electron chi connectivity index (χ3n) is 2.29. The van der Waals surface area contributed by atoms with Gasteiger partial charge in [0.15, 0.2) is 0 Å². The third kappa shape index (κ3) is 3.83. The molecule has 4 nitrogen and oxygen atoms in total. The van der Waals surface area contributed by atoms with Gasteiger partial charge in [0.1, 0.15) is 23.8 Å². The molecule has 0 saturated carbocycles. The summed E-state index contributed by atoms with van der Waals surface area (Å²) in [5.74, 6) is 0.310. The first-order valence-electron chi connectivity index (χ1n) is 5.63. The van der Waals surface area contributed by atoms with Crippen LogP contribution in [0.4, 0.5) is 0 Å². The van der Waals surface area contributed by atoms with Crippen molar-refractivity contribution in [3.8, 4) is 11.8 Å². The fourth-order valence-electron chi connectivity index (χ4n) is 1.39. The SMILES string of the molecule is N#Cc1ccc(OCCOC(=O)c2cccs2)cc1. The zero-order chi connectivity index (χ0) is 13.5. The number of ether oxygens (including phenoxy) is 2. The molecular weight excluding hydrogens is 262 g/mol. The summed E-state index contributed by atoms with van der Waals surface area (Å²) in [4.78, 5) is 12.1. The van der Waals surface area contributed by atoms with Crippen LogP contribution in [0.15, 0.2) is 41.8 Å². The number of nitriles is 1. The first kappa shape index (κ1) is 13.1. The molecule has 96 valence electrons. The van der Waals surface area contributed by atoms with E-state index in [0.29, 0.717) is 16.2 Å². The third-order valence-corrected chi connectivity index (χ3v) is 3.14. The molecule has 0 atom stereocenters. The Morgan fingerprint density at radius 1 is 1.21 bits per heavy atom. The molecule has 2 rings (SSSR count). The molecule has 0 radical (unpaired) electrons. The summed E-state index contributed by atoms with van der Waals surface area (Å²) in [5, 5.41) is 10.5. The highest BCUT2D eigenvalue weighted by molar-refractivity contribution is 7.11. The van der Waals surface area contributed by atoms with Crippen molar-refractivity contribution >= 4 is 17.3 Å². The Kier molecular flexibility index (Phi) is 4.54. The summed E-state index contributed by atoms with van der Waals surface area (Å²) >= 11 is 1.34. The first-order valence-corrected chi connectivity index (χ1v) is 6.51. The monoisotopic (exact) mass is 273 g/mol. The Morgan fingerprint density at radius 2 is 2.00 bits per heavy atom. The summed E-state index contributed by atoms with van der Waals surface area (Å²) < 4.78 is 10.4. The zero-order valence-corrected chi connectivity index (χ0v) is 10.9. The molecule has 0 aliphatic heterocycles. The van der Waals surface area contributed by atoms with Gasteiger partial charge in [-0.2, -0.15) is 5.26 Å². The number of hydrogen-bond acceptors (Lipinski definition) is 5. The largest absolute Gasteiger partial charge is 0.490 e. The van der Waals surface area contributed by atoms with Crippen LogP contribution in [0.5, 0.6) is 5.75 Å². The fourth-order valence-corrected chi connectivity index (χ4v) is 2.00. The Labute approximate surface area is 114 Å². The quantitative estimate of drug-likeness (QED) is 0.621. The Hall–Kier alpha value is -2.32. The number of esters is 1. The lowest BCUT2D eigenvalue weighted by Crippen LogP contribution is -2.11. The molecule has 0 bridgehead atoms. The molecule has 0 unspecified atom stereocenters. The van der Waals surface area contributed by atoms with E-state index < -0.39 is 0 Å². The van der Waals surface area contributed by atoms with Gasteiger partial charge in [-0.3, -0.25) is 0 Å². The number of thiophene rings is 1. The van der Waals surface area contributed by atoms with Crippen molar-refractivity contribution in [1.82, 2.24) is 0 Å². The van der Waals surface area contributed by atoms with E-state index in [2.05, 4.69) is 0 Å². The zero-order valence-electron chi connectivity index (χ0n) is 10.0. The van der Waals surface area contributed by atoms with Gasteiger partial charge in [-0.05, 0) is 35.7 Å². The summed E-state index contributed by atoms with van der Waals surface area (Å²) in [6, 6.07) is 12.3. The highest BCUT2D eigenvalue weighted by atomic mass is 32.1. The van der Waals surface area contributed by atoms with Crippen LogP contribution in [-0.4, -0.2) is 19.2 Å². The van der Waals surface area contributed by atoms with Gasteiger partial charge in [-0.15, -0.1) is 11.3 Å². The summed E-state index contributed by atoms with van der Waals surface area (Å²) in [7, 11) is 0. The van der Waals surface area contributed by atoms with Crippen molar-refractivity contribution in [3.63, 3.8) is 0 Å². The topological polar surface area (TPSA) is 59.3 Å². The highest BCUT2D eigenvalue weighted by Gasteiger charge is 2.07. The van der Waals surface area contributed by atoms with Crippen LogP contribution in [0.1, 0.15) is 15.2 Å². The van der Waals surface area contributed by atoms with Crippen molar-refractivity contribution in [3.05, 3.63) is 52.2 Å². The van der Waals surface area contributed by atoms with Crippen molar-refractivity contribution in [1.29, 1.82) is 5.26 Å². The van der Waals surface area contributed by atoms with Gasteiger partial charge in [0.05, 0.1) is 11.6 Å². The van der Waals surface area contributed by atoms with Crippen LogP contribution in [-0.2, 0) is 4.74 Å². The molecule has 0 saturated heterocycles. The van der Waals surface area contributed by atoms with Gasteiger partial charge in [0.25, 0.3) is 0 Å². The lowest BCUT2D eigenvalue weighted by molar-refractivity contribution is 0.0456. The van der Waals surface area contributed by atoms with Crippen molar-refractivity contribution in [2.45, 2.75) is 0 Å². The molecule has 1 heterocycles. The lowest BCUT2D eigenvalue weighted by Gasteiger charge is -2.06. The number of carbonyl (C=O) groups is 1. The van der Waals surface area contributed by atoms with Gasteiger partial charge in [-0.25, -0.2) is 4.79 Å². The van der Waals surface area contributed by atoms with E-state index in [1.165, 1.54) is 11.3 Å². The number of rotatable bonds is 5. The second-order valence-electron chi connectivity index (χ2n) is 3.60. The predicted octanol–water partition coefficient (Wildman–Crippen LogP) is 2.86. The maximum absolute atomic E-state index is 11.5. The van der Waals surface area contributed by atoms with E-state index in [-0.39, 0.29) is 19.2 Å². The van der Waals surface area contributed by atoms with E-state index in [9.17, 15) is 4.79 Å². The van der Waals surface area contributed by atoms with Gasteiger partial charge in [0.2, 0.25) is 0 Å². The molecule has 2 aromatic rings. The molecule has 5 heteroatoms. The van der Waals surface area contributed by atoms with Crippen LogP contribution in [0, 0.1) is 11.3 Å². The minimum Gasteiger partial charge on any atom is -0.490 e. The summed E-state index contributed by atoms with van der Waals surface area (Å²) in [5.41, 5.74) is 0.580. The maximum atomic E-state index is 11.5. The minimum absolute atomic E-state index is 0.191. The summed E-state index contributed by atoms with van der Waals surface area (Å²) in [6.45, 7) is 0.472. The lowest BCUT2D eigenvalue weighted by atomic mass is 10.2. The van der Waals surface area contributed by atoms with Crippen LogP contribution in [0.3, 0.4) is 0 Å². The Morgan fingerprint density at radius 3 is 2.63 bits per heavy atom. The smallest absolute Gasteiger partial charge is 0.348 e. The van der Waals surface area contributed by atoms with Crippen molar-refractivity contribution in [2.75, 3.05) is 13.2 Å². The molecule has 0 aliphatic rings. The van der Waals surface area contributed by atoms with Gasteiger partial charge < -0.3 is 9.47 Å². The van der Waals surface area contributed by atoms with Crippen LogP contribution < -0.4 is 4.74 Å². The standard InChI is InChI=1S/C14H11NO3S/c15-10-11-3-5-12(6-4-11)17-7-8-18-14(16)13-2-1-9-19-13/h1-6,9H,7-8H2. The van der Waals surface area contributed by atoms with Crippen molar-refractivity contribution in [2.24, 2.45) is 0 Å². The number of benzene rings is 1. The number of hydrogen-bond donors (Lipinski definition) is 0. The number of nitrogens with zero attached hydrogens (tertiary/aromatic N) is 1. The van der Waals surface area contributed by atoms with E-state index >= 15 is 0 Å². The van der Waals surface area contributed by atoms with E-state index in [0.717, 1.165) is 0 Å².